The van der Waals surface area contributed by atoms with E-state index in [1.54, 1.807) is 11.7 Å². The van der Waals surface area contributed by atoms with Crippen LogP contribution in [0, 0.1) is 0 Å². The molecular formula is C16H21ClN2O2. The van der Waals surface area contributed by atoms with Crippen molar-refractivity contribution in [2.45, 2.75) is 32.8 Å². The van der Waals surface area contributed by atoms with Gasteiger partial charge in [-0.2, -0.15) is 5.10 Å². The number of benzene rings is 1. The summed E-state index contributed by atoms with van der Waals surface area (Å²) >= 11 is 6.33. The minimum Gasteiger partial charge on any atom is -0.493 e. The third kappa shape index (κ3) is 3.06. The molecule has 5 heteroatoms. The first-order valence-corrected chi connectivity index (χ1v) is 7.47. The number of aryl methyl sites for hydroxylation is 1. The van der Waals surface area contributed by atoms with Gasteiger partial charge in [-0.1, -0.05) is 43.6 Å². The fraction of sp³-hybridized carbons (Fsp3) is 0.438. The second kappa shape index (κ2) is 6.50. The highest BCUT2D eigenvalue weighted by atomic mass is 35.5. The van der Waals surface area contributed by atoms with Gasteiger partial charge >= 0.3 is 0 Å². The van der Waals surface area contributed by atoms with E-state index >= 15 is 0 Å². The second-order valence-electron chi connectivity index (χ2n) is 5.24. The van der Waals surface area contributed by atoms with E-state index in [0.29, 0.717) is 28.6 Å². The minimum absolute atomic E-state index is 0.174. The van der Waals surface area contributed by atoms with Gasteiger partial charge in [-0.3, -0.25) is 4.68 Å². The van der Waals surface area contributed by atoms with Gasteiger partial charge in [0.25, 0.3) is 0 Å². The van der Waals surface area contributed by atoms with Crippen molar-refractivity contribution in [3.8, 4) is 5.75 Å². The van der Waals surface area contributed by atoms with Gasteiger partial charge in [-0.15, -0.1) is 0 Å². The van der Waals surface area contributed by atoms with Crippen LogP contribution in [-0.4, -0.2) is 21.5 Å². The predicted molar refractivity (Wildman–Crippen MR) is 84.0 cm³/mol. The van der Waals surface area contributed by atoms with E-state index in [0.717, 1.165) is 5.69 Å². The van der Waals surface area contributed by atoms with Crippen LogP contribution in [0.4, 0.5) is 0 Å². The molecule has 0 bridgehead atoms. The maximum Gasteiger partial charge on any atom is 0.133 e. The van der Waals surface area contributed by atoms with Gasteiger partial charge in [0.05, 0.1) is 12.3 Å². The lowest BCUT2D eigenvalue weighted by Gasteiger charge is -2.17. The summed E-state index contributed by atoms with van der Waals surface area (Å²) in [6.45, 7) is 6.52. The summed E-state index contributed by atoms with van der Waals surface area (Å²) in [5.41, 5.74) is 2.17. The van der Waals surface area contributed by atoms with Crippen LogP contribution in [0.15, 0.2) is 24.3 Å². The van der Waals surface area contributed by atoms with Gasteiger partial charge in [-0.25, -0.2) is 0 Å². The topological polar surface area (TPSA) is 47.3 Å². The number of ether oxygens (including phenoxy) is 1. The zero-order valence-corrected chi connectivity index (χ0v) is 13.6. The third-order valence-electron chi connectivity index (χ3n) is 3.37. The Labute approximate surface area is 130 Å². The number of hydrogen-bond acceptors (Lipinski definition) is 3. The van der Waals surface area contributed by atoms with Crippen molar-refractivity contribution in [3.63, 3.8) is 0 Å². The van der Waals surface area contributed by atoms with Crippen molar-refractivity contribution in [1.82, 2.24) is 9.78 Å². The van der Waals surface area contributed by atoms with Gasteiger partial charge in [0, 0.05) is 18.2 Å². The number of aliphatic hydroxyl groups is 1. The first kappa shape index (κ1) is 15.9. The molecule has 1 N–H and O–H groups in total. The summed E-state index contributed by atoms with van der Waals surface area (Å²) < 4.78 is 7.19. The van der Waals surface area contributed by atoms with E-state index in [1.807, 2.05) is 45.0 Å². The average Bonchev–Trinajstić information content (AvgIpc) is 2.75. The standard InChI is InChI=1S/C16H21ClN2O2/c1-5-21-12-9-7-6-8-11(12)15(20)13-14(10(2)3)18-19(4)16(13)17/h6-10,15,20H,5H2,1-4H3. The lowest BCUT2D eigenvalue weighted by Crippen LogP contribution is -2.07. The Kier molecular flexibility index (Phi) is 4.91. The molecule has 0 aliphatic heterocycles. The van der Waals surface area contributed by atoms with Crippen LogP contribution < -0.4 is 4.74 Å². The average molecular weight is 309 g/mol. The van der Waals surface area contributed by atoms with Crippen molar-refractivity contribution >= 4 is 11.6 Å². The summed E-state index contributed by atoms with van der Waals surface area (Å²) in [5, 5.41) is 15.7. The molecule has 4 nitrogen and oxygen atoms in total. The number of halogens is 1. The van der Waals surface area contributed by atoms with Crippen LogP contribution in [0.2, 0.25) is 5.15 Å². The molecule has 1 unspecified atom stereocenters. The highest BCUT2D eigenvalue weighted by molar-refractivity contribution is 6.30. The predicted octanol–water partition coefficient (Wildman–Crippen LogP) is 3.68. The largest absolute Gasteiger partial charge is 0.493 e. The zero-order chi connectivity index (χ0) is 15.6. The van der Waals surface area contributed by atoms with Crippen molar-refractivity contribution in [2.75, 3.05) is 6.61 Å². The molecule has 0 fully saturated rings. The second-order valence-corrected chi connectivity index (χ2v) is 5.60. The Balaban J connectivity index is 2.52. The van der Waals surface area contributed by atoms with Crippen molar-refractivity contribution < 1.29 is 9.84 Å². The maximum absolute atomic E-state index is 10.8. The SMILES string of the molecule is CCOc1ccccc1C(O)c1c(C(C)C)nn(C)c1Cl. The quantitative estimate of drug-likeness (QED) is 0.916. The molecule has 0 radical (unpaired) electrons. The minimum atomic E-state index is -0.855. The molecule has 0 saturated heterocycles. The molecule has 0 aliphatic rings. The molecule has 0 amide bonds. The Bertz CT molecular complexity index is 623. The van der Waals surface area contributed by atoms with Gasteiger partial charge in [0.1, 0.15) is 17.0 Å². The van der Waals surface area contributed by atoms with E-state index in [-0.39, 0.29) is 5.92 Å². The van der Waals surface area contributed by atoms with E-state index in [9.17, 15) is 5.11 Å². The fourth-order valence-electron chi connectivity index (χ4n) is 2.37. The lowest BCUT2D eigenvalue weighted by atomic mass is 9.97. The number of aliphatic hydroxyl groups excluding tert-OH is 1. The van der Waals surface area contributed by atoms with E-state index < -0.39 is 6.10 Å². The molecule has 2 aromatic rings. The zero-order valence-electron chi connectivity index (χ0n) is 12.8. The number of aromatic nitrogens is 2. The number of nitrogens with zero attached hydrogens (tertiary/aromatic N) is 2. The molecule has 1 aromatic carbocycles. The Morgan fingerprint density at radius 3 is 2.62 bits per heavy atom. The van der Waals surface area contributed by atoms with E-state index in [1.165, 1.54) is 0 Å². The highest BCUT2D eigenvalue weighted by Crippen LogP contribution is 2.37. The third-order valence-corrected chi connectivity index (χ3v) is 3.82. The Morgan fingerprint density at radius 2 is 2.00 bits per heavy atom. The number of hydrogen-bond donors (Lipinski definition) is 1. The maximum atomic E-state index is 10.8. The number of para-hydroxylation sites is 1. The molecule has 114 valence electrons. The molecule has 2 rings (SSSR count). The smallest absolute Gasteiger partial charge is 0.133 e. The summed E-state index contributed by atoms with van der Waals surface area (Å²) in [5.74, 6) is 0.842. The summed E-state index contributed by atoms with van der Waals surface area (Å²) in [6, 6.07) is 7.46. The molecule has 21 heavy (non-hydrogen) atoms. The Morgan fingerprint density at radius 1 is 1.33 bits per heavy atom. The van der Waals surface area contributed by atoms with Gasteiger partial charge in [0.15, 0.2) is 0 Å². The van der Waals surface area contributed by atoms with Crippen molar-refractivity contribution in [3.05, 3.63) is 46.2 Å². The monoisotopic (exact) mass is 308 g/mol. The van der Waals surface area contributed by atoms with Gasteiger partial charge in [-0.05, 0) is 18.9 Å². The Hall–Kier alpha value is -1.52. The van der Waals surface area contributed by atoms with Crippen LogP contribution in [-0.2, 0) is 7.05 Å². The van der Waals surface area contributed by atoms with E-state index in [4.69, 9.17) is 16.3 Å². The summed E-state index contributed by atoms with van der Waals surface area (Å²) in [6.07, 6.45) is -0.855. The van der Waals surface area contributed by atoms with Crippen LogP contribution in [0.3, 0.4) is 0 Å². The van der Waals surface area contributed by atoms with E-state index in [2.05, 4.69) is 5.10 Å². The van der Waals surface area contributed by atoms with Gasteiger partial charge in [0.2, 0.25) is 0 Å². The summed E-state index contributed by atoms with van der Waals surface area (Å²) in [4.78, 5) is 0. The molecule has 0 spiro atoms. The molecule has 1 atom stereocenters. The summed E-state index contributed by atoms with van der Waals surface area (Å²) in [7, 11) is 1.78. The molecule has 0 saturated carbocycles. The van der Waals surface area contributed by atoms with Crippen LogP contribution >= 0.6 is 11.6 Å². The molecule has 1 heterocycles. The lowest BCUT2D eigenvalue weighted by molar-refractivity contribution is 0.210. The fourth-order valence-corrected chi connectivity index (χ4v) is 2.61. The highest BCUT2D eigenvalue weighted by Gasteiger charge is 2.26. The number of rotatable bonds is 5. The van der Waals surface area contributed by atoms with Crippen LogP contribution in [0.25, 0.3) is 0 Å². The first-order chi connectivity index (χ1) is 9.97. The van der Waals surface area contributed by atoms with Crippen molar-refractivity contribution in [2.24, 2.45) is 7.05 Å². The van der Waals surface area contributed by atoms with Crippen LogP contribution in [0.1, 0.15) is 49.6 Å². The first-order valence-electron chi connectivity index (χ1n) is 7.09. The van der Waals surface area contributed by atoms with Gasteiger partial charge < -0.3 is 9.84 Å². The van der Waals surface area contributed by atoms with Crippen molar-refractivity contribution in [1.29, 1.82) is 0 Å². The van der Waals surface area contributed by atoms with Crippen LogP contribution in [0.5, 0.6) is 5.75 Å². The molecular weight excluding hydrogens is 288 g/mol. The molecule has 1 aromatic heterocycles. The normalized spacial score (nSPS) is 12.7. The molecule has 0 aliphatic carbocycles.